The van der Waals surface area contributed by atoms with Crippen LogP contribution in [0.15, 0.2) is 60.7 Å². The Morgan fingerprint density at radius 1 is 1.00 bits per heavy atom. The number of likely N-dealkylation sites (N-methyl/N-ethyl adjacent to an activating group) is 1. The van der Waals surface area contributed by atoms with Crippen molar-refractivity contribution in [3.63, 3.8) is 0 Å². The Morgan fingerprint density at radius 3 is 2.29 bits per heavy atom. The highest BCUT2D eigenvalue weighted by Gasteiger charge is 2.36. The molecule has 1 aliphatic heterocycles. The zero-order chi connectivity index (χ0) is 47.7. The monoisotopic (exact) mass is 890 g/mol. The van der Waals surface area contributed by atoms with Crippen molar-refractivity contribution >= 4 is 29.5 Å². The highest BCUT2D eigenvalue weighted by Crippen LogP contribution is 2.39. The fraction of sp³-hybridized carbons (Fsp3) is 0.404. The lowest BCUT2D eigenvalue weighted by molar-refractivity contribution is -0.141. The van der Waals surface area contributed by atoms with Crippen molar-refractivity contribution in [1.29, 1.82) is 5.26 Å². The van der Waals surface area contributed by atoms with E-state index in [4.69, 9.17) is 21.5 Å². The van der Waals surface area contributed by atoms with Crippen LogP contribution in [0.1, 0.15) is 78.6 Å². The number of phenolic OH excluding ortho intramolecular Hbond substituents is 1. The smallest absolute Gasteiger partial charge is 0.255 e. The minimum absolute atomic E-state index is 0.0257. The van der Waals surface area contributed by atoms with Crippen LogP contribution in [0.2, 0.25) is 0 Å². The van der Waals surface area contributed by atoms with E-state index in [-0.39, 0.29) is 72.7 Å². The number of ether oxygens (including phenoxy) is 1. The van der Waals surface area contributed by atoms with Gasteiger partial charge in [-0.05, 0) is 80.1 Å². The molecular formula is C47H58N10O8. The maximum Gasteiger partial charge on any atom is 0.255 e. The second-order valence-corrected chi connectivity index (χ2v) is 17.1. The Bertz CT molecular complexity index is 2440. The molecule has 65 heavy (non-hydrogen) atoms. The topological polar surface area (TPSA) is 288 Å². The average molecular weight is 891 g/mol. The number of phenols is 1. The van der Waals surface area contributed by atoms with E-state index in [0.717, 1.165) is 16.0 Å². The van der Waals surface area contributed by atoms with E-state index in [0.29, 0.717) is 28.3 Å². The fourth-order valence-corrected chi connectivity index (χ4v) is 7.45. The fourth-order valence-electron chi connectivity index (χ4n) is 7.45. The van der Waals surface area contributed by atoms with Crippen molar-refractivity contribution in [1.82, 2.24) is 36.1 Å². The Kier molecular flexibility index (Phi) is 16.0. The van der Waals surface area contributed by atoms with Crippen LogP contribution in [-0.4, -0.2) is 112 Å². The third kappa shape index (κ3) is 11.8. The molecule has 10 N–H and O–H groups in total. The molecule has 344 valence electrons. The number of nitrogens with zero attached hydrogens (tertiary/aromatic N) is 4. The summed E-state index contributed by atoms with van der Waals surface area (Å²) in [5.74, 6) is -3.14. The molecule has 0 saturated carbocycles. The first-order valence-corrected chi connectivity index (χ1v) is 21.2. The van der Waals surface area contributed by atoms with Crippen molar-refractivity contribution < 1.29 is 38.9 Å². The molecule has 3 aromatic carbocycles. The summed E-state index contributed by atoms with van der Waals surface area (Å²) in [5.41, 5.74) is 15.9. The largest absolute Gasteiger partial charge is 0.507 e. The number of nitrogens with two attached hydrogens (primary N) is 2. The second kappa shape index (κ2) is 21.2. The number of amides is 5. The summed E-state index contributed by atoms with van der Waals surface area (Å²) < 4.78 is 5.99. The van der Waals surface area contributed by atoms with Crippen LogP contribution in [0.3, 0.4) is 0 Å². The number of hydrogen-bond donors (Lipinski definition) is 8. The molecule has 18 heteroatoms. The van der Waals surface area contributed by atoms with Gasteiger partial charge in [0.15, 0.2) is 5.82 Å². The minimum atomic E-state index is -1.47. The lowest BCUT2D eigenvalue weighted by Gasteiger charge is -2.32. The van der Waals surface area contributed by atoms with Gasteiger partial charge >= 0.3 is 0 Å². The highest BCUT2D eigenvalue weighted by atomic mass is 16.5. The van der Waals surface area contributed by atoms with E-state index in [1.54, 1.807) is 32.0 Å². The minimum Gasteiger partial charge on any atom is -0.507 e. The van der Waals surface area contributed by atoms with Crippen LogP contribution in [0.5, 0.6) is 11.5 Å². The molecule has 0 radical (unpaired) electrons. The van der Waals surface area contributed by atoms with Gasteiger partial charge in [-0.2, -0.15) is 5.26 Å². The summed E-state index contributed by atoms with van der Waals surface area (Å²) in [6.07, 6.45) is -0.0960. The van der Waals surface area contributed by atoms with Crippen molar-refractivity contribution in [2.45, 2.75) is 90.0 Å². The first kappa shape index (κ1) is 49.1. The van der Waals surface area contributed by atoms with Gasteiger partial charge in [0, 0.05) is 30.2 Å². The van der Waals surface area contributed by atoms with Gasteiger partial charge in [0.2, 0.25) is 23.6 Å². The van der Waals surface area contributed by atoms with Crippen LogP contribution in [0.4, 0.5) is 0 Å². The van der Waals surface area contributed by atoms with Gasteiger partial charge in [-0.15, -0.1) is 0 Å². The molecule has 1 aromatic heterocycles. The predicted octanol–water partition coefficient (Wildman–Crippen LogP) is 1.96. The Hall–Kier alpha value is -6.94. The zero-order valence-electron chi connectivity index (χ0n) is 37.7. The number of carbonyl (C=O) groups excluding carboxylic acids is 5. The lowest BCUT2D eigenvalue weighted by atomic mass is 9.86. The molecule has 1 aliphatic rings. The Labute approximate surface area is 378 Å². The molecule has 18 nitrogen and oxygen atoms in total. The van der Waals surface area contributed by atoms with E-state index < -0.39 is 59.7 Å². The second-order valence-electron chi connectivity index (χ2n) is 17.1. The molecule has 5 rings (SSSR count). The molecule has 5 amide bonds. The normalized spacial score (nSPS) is 17.3. The number of aliphatic hydroxyl groups excluding tert-OH is 1. The Morgan fingerprint density at radius 2 is 1.68 bits per heavy atom. The van der Waals surface area contributed by atoms with Crippen LogP contribution < -0.4 is 37.5 Å². The molecule has 2 heterocycles. The van der Waals surface area contributed by atoms with Crippen LogP contribution in [0, 0.1) is 25.2 Å². The third-order valence-electron chi connectivity index (χ3n) is 11.1. The van der Waals surface area contributed by atoms with Gasteiger partial charge in [0.25, 0.3) is 5.91 Å². The first-order chi connectivity index (χ1) is 30.8. The van der Waals surface area contributed by atoms with Gasteiger partial charge in [-0.25, -0.2) is 9.97 Å². The third-order valence-corrected chi connectivity index (χ3v) is 11.1. The van der Waals surface area contributed by atoms with Crippen molar-refractivity contribution in [3.8, 4) is 40.1 Å². The number of hydrogen-bond acceptors (Lipinski definition) is 13. The number of nitrogens with one attached hydrogen (secondary N) is 4. The van der Waals surface area contributed by atoms with Gasteiger partial charge < -0.3 is 52.6 Å². The summed E-state index contributed by atoms with van der Waals surface area (Å²) in [5, 5.41) is 40.6. The molecule has 0 spiro atoms. The summed E-state index contributed by atoms with van der Waals surface area (Å²) in [6, 6.07) is 12.9. The summed E-state index contributed by atoms with van der Waals surface area (Å²) >= 11 is 0. The van der Waals surface area contributed by atoms with Crippen molar-refractivity contribution in [3.05, 3.63) is 94.3 Å². The van der Waals surface area contributed by atoms with E-state index in [2.05, 4.69) is 52.0 Å². The number of aromatic nitrogens is 2. The molecule has 4 bridgehead atoms. The lowest BCUT2D eigenvalue weighted by Crippen LogP contribution is -2.56. The quantitative estimate of drug-likeness (QED) is 0.0893. The predicted molar refractivity (Wildman–Crippen MR) is 242 cm³/mol. The number of aromatic hydroxyl groups is 1. The van der Waals surface area contributed by atoms with Gasteiger partial charge in [-0.3, -0.25) is 24.0 Å². The van der Waals surface area contributed by atoms with E-state index in [9.17, 15) is 34.2 Å². The highest BCUT2D eigenvalue weighted by molar-refractivity contribution is 6.00. The summed E-state index contributed by atoms with van der Waals surface area (Å²) in [7, 11) is 1.36. The molecular weight excluding hydrogens is 833 g/mol. The summed E-state index contributed by atoms with van der Waals surface area (Å²) in [4.78, 5) is 80.4. The maximum atomic E-state index is 14.6. The van der Waals surface area contributed by atoms with Crippen LogP contribution >= 0.6 is 0 Å². The van der Waals surface area contributed by atoms with Crippen LogP contribution in [-0.2, 0) is 31.0 Å². The standard InChI is InChI=1S/C47H58N10O8/c1-25-39(26(2)53-41(52-25)29-9-12-31(13-10-29)47(4,5)6)44(62)55-35(16-17-48)46(64)57(7)40-30-11-14-37(59)33(22-30)34-20-28(8-15-38(34)65-24-32(50)23-58)21-36(43(61)51-19-18-49)56-42(60)27(3)54-45(40)63/h8-15,20,22,27,32,35-36,40,58-59H,16-17,19,21,23-24,48,50H2,1-7H3,(H,51,61)(H,54,63)(H,55,62)(H,56,60)/t27-,32+,35-,36-,40-/m0/s1. The van der Waals surface area contributed by atoms with Gasteiger partial charge in [-0.1, -0.05) is 57.2 Å². The molecule has 0 aliphatic carbocycles. The molecule has 0 saturated heterocycles. The number of aryl methyl sites for hydroxylation is 2. The van der Waals surface area contributed by atoms with Crippen molar-refractivity contribution in [2.24, 2.45) is 11.5 Å². The van der Waals surface area contributed by atoms with Gasteiger partial charge in [0.05, 0.1) is 35.7 Å². The average Bonchev–Trinajstić information content (AvgIpc) is 3.26. The van der Waals surface area contributed by atoms with Crippen LogP contribution in [0.25, 0.3) is 22.5 Å². The SMILES string of the molecule is Cc1nc(-c2ccc(C(C)(C)C)cc2)nc(C)c1C(=O)N[C@@H](CCN)C(=O)N(C)[C@@H]1C(=O)N[C@@H](C)C(=O)N[C@H](C(=O)NCC#N)Cc2ccc(OC[C@H](N)CO)c(c2)-c2cc1ccc2O. The first-order valence-electron chi connectivity index (χ1n) is 21.2. The maximum absolute atomic E-state index is 14.6. The van der Waals surface area contributed by atoms with E-state index in [1.165, 1.54) is 32.2 Å². The zero-order valence-corrected chi connectivity index (χ0v) is 37.7. The van der Waals surface area contributed by atoms with Gasteiger partial charge in [0.1, 0.15) is 48.8 Å². The molecule has 0 unspecified atom stereocenters. The van der Waals surface area contributed by atoms with E-state index >= 15 is 0 Å². The number of carbonyl (C=O) groups is 5. The Balaban J connectivity index is 1.54. The molecule has 0 fully saturated rings. The summed E-state index contributed by atoms with van der Waals surface area (Å²) in [6.45, 7) is 10.3. The van der Waals surface area contributed by atoms with Crippen molar-refractivity contribution in [2.75, 3.05) is 33.4 Å². The number of rotatable bonds is 13. The molecule has 4 aromatic rings. The number of benzene rings is 3. The number of nitriles is 1. The molecule has 5 atom stereocenters. The van der Waals surface area contributed by atoms with E-state index in [1.807, 2.05) is 30.3 Å². The number of fused-ring (bicyclic) bond motifs is 5. The number of aliphatic hydroxyl groups is 1.